The van der Waals surface area contributed by atoms with E-state index in [1.807, 2.05) is 0 Å². The minimum Gasteiger partial charge on any atom is -0.386 e. The maximum atomic E-state index is 13.2. The van der Waals surface area contributed by atoms with Crippen LogP contribution in [-0.4, -0.2) is 13.3 Å². The van der Waals surface area contributed by atoms with Crippen molar-refractivity contribution in [2.24, 2.45) is 0 Å². The molecule has 0 spiro atoms. The van der Waals surface area contributed by atoms with Crippen molar-refractivity contribution in [1.82, 2.24) is 0 Å². The summed E-state index contributed by atoms with van der Waals surface area (Å²) in [5.41, 5.74) is 1.15. The Morgan fingerprint density at radius 3 is 2.69 bits per heavy atom. The molecule has 0 aromatic heterocycles. The Labute approximate surface area is 76.8 Å². The Hall–Kier alpha value is -1.38. The minimum absolute atomic E-state index is 0.250. The number of hydrogen-bond acceptors (Lipinski definition) is 2. The zero-order chi connectivity index (χ0) is 9.84. The predicted molar refractivity (Wildman–Crippen MR) is 50.4 cm³/mol. The van der Waals surface area contributed by atoms with Gasteiger partial charge in [-0.25, -0.2) is 4.39 Å². The second-order valence-corrected chi connectivity index (χ2v) is 2.91. The van der Waals surface area contributed by atoms with Crippen LogP contribution in [0.25, 0.3) is 0 Å². The molecule has 0 heterocycles. The average Bonchev–Trinajstić information content (AvgIpc) is 2.16. The number of rotatable bonds is 3. The highest BCUT2D eigenvalue weighted by Gasteiger charge is 2.06. The van der Waals surface area contributed by atoms with Crippen molar-refractivity contribution < 1.29 is 9.18 Å². The van der Waals surface area contributed by atoms with Crippen LogP contribution in [0.2, 0.25) is 0 Å². The van der Waals surface area contributed by atoms with Gasteiger partial charge in [-0.2, -0.15) is 0 Å². The second-order valence-electron chi connectivity index (χ2n) is 2.91. The Balaban J connectivity index is 3.02. The number of carbonyl (C=O) groups excluding carboxylic acids is 1. The Bertz CT molecular complexity index is 312. The van der Waals surface area contributed by atoms with Gasteiger partial charge in [0.1, 0.15) is 12.1 Å². The van der Waals surface area contributed by atoms with E-state index in [2.05, 4.69) is 5.32 Å². The van der Waals surface area contributed by atoms with Crippen LogP contribution in [-0.2, 0) is 4.79 Å². The maximum Gasteiger partial charge on any atom is 0.146 e. The van der Waals surface area contributed by atoms with Gasteiger partial charge in [0, 0.05) is 13.0 Å². The number of nitrogens with one attached hydrogen (secondary N) is 1. The summed E-state index contributed by atoms with van der Waals surface area (Å²) < 4.78 is 13.2. The molecule has 13 heavy (non-hydrogen) atoms. The van der Waals surface area contributed by atoms with E-state index in [0.29, 0.717) is 11.3 Å². The van der Waals surface area contributed by atoms with Gasteiger partial charge in [-0.15, -0.1) is 0 Å². The van der Waals surface area contributed by atoms with Gasteiger partial charge in [-0.05, 0) is 17.7 Å². The fourth-order valence-electron chi connectivity index (χ4n) is 1.10. The molecule has 3 heteroatoms. The summed E-state index contributed by atoms with van der Waals surface area (Å²) in [6, 6.07) is 4.75. The van der Waals surface area contributed by atoms with E-state index in [0.717, 1.165) is 6.29 Å². The molecule has 1 aromatic rings. The van der Waals surface area contributed by atoms with Crippen LogP contribution in [0.1, 0.15) is 18.4 Å². The van der Waals surface area contributed by atoms with Gasteiger partial charge in [-0.1, -0.05) is 13.0 Å². The lowest BCUT2D eigenvalue weighted by molar-refractivity contribution is -0.108. The summed E-state index contributed by atoms with van der Waals surface area (Å²) in [4.78, 5) is 10.4. The standard InChI is InChI=1S/C10H12FNO/c1-7(6-13)8-3-4-10(12-2)9(11)5-8/h3-7,12H,1-2H3. The molecule has 2 nitrogen and oxygen atoms in total. The lowest BCUT2D eigenvalue weighted by atomic mass is 10.0. The largest absolute Gasteiger partial charge is 0.386 e. The summed E-state index contributed by atoms with van der Waals surface area (Å²) in [5, 5.41) is 2.72. The SMILES string of the molecule is CNc1ccc(C(C)C=O)cc1F. The first-order chi connectivity index (χ1) is 6.19. The summed E-state index contributed by atoms with van der Waals surface area (Å²) in [7, 11) is 1.65. The highest BCUT2D eigenvalue weighted by molar-refractivity contribution is 5.62. The molecule has 1 unspecified atom stereocenters. The van der Waals surface area contributed by atoms with Crippen molar-refractivity contribution >= 4 is 12.0 Å². The molecule has 0 aliphatic rings. The summed E-state index contributed by atoms with van der Waals surface area (Å²) >= 11 is 0. The molecular weight excluding hydrogens is 169 g/mol. The van der Waals surface area contributed by atoms with Gasteiger partial charge in [-0.3, -0.25) is 0 Å². The van der Waals surface area contributed by atoms with Crippen molar-refractivity contribution in [1.29, 1.82) is 0 Å². The molecule has 0 saturated carbocycles. The van der Waals surface area contributed by atoms with Crippen LogP contribution in [0.4, 0.5) is 10.1 Å². The summed E-state index contributed by atoms with van der Waals surface area (Å²) in [6.07, 6.45) is 0.799. The normalized spacial score (nSPS) is 12.2. The third-order valence-corrected chi connectivity index (χ3v) is 1.99. The lowest BCUT2D eigenvalue weighted by Crippen LogP contribution is -1.98. The molecule has 1 N–H and O–H groups in total. The Morgan fingerprint density at radius 2 is 2.23 bits per heavy atom. The smallest absolute Gasteiger partial charge is 0.146 e. The monoisotopic (exact) mass is 181 g/mol. The van der Waals surface area contributed by atoms with E-state index in [1.165, 1.54) is 6.07 Å². The molecule has 1 rings (SSSR count). The molecule has 0 radical (unpaired) electrons. The first-order valence-corrected chi connectivity index (χ1v) is 4.11. The van der Waals surface area contributed by atoms with Gasteiger partial charge in [0.25, 0.3) is 0 Å². The predicted octanol–water partition coefficient (Wildman–Crippen LogP) is 2.17. The van der Waals surface area contributed by atoms with Gasteiger partial charge < -0.3 is 10.1 Å². The third-order valence-electron chi connectivity index (χ3n) is 1.99. The van der Waals surface area contributed by atoms with Crippen molar-refractivity contribution in [3.63, 3.8) is 0 Å². The van der Waals surface area contributed by atoms with E-state index < -0.39 is 0 Å². The summed E-state index contributed by atoms with van der Waals surface area (Å²) in [5.74, 6) is -0.575. The number of carbonyl (C=O) groups is 1. The van der Waals surface area contributed by atoms with Crippen molar-refractivity contribution in [3.8, 4) is 0 Å². The number of hydrogen-bond donors (Lipinski definition) is 1. The van der Waals surface area contributed by atoms with Crippen LogP contribution in [0.3, 0.4) is 0 Å². The highest BCUT2D eigenvalue weighted by Crippen LogP contribution is 2.19. The average molecular weight is 181 g/mol. The van der Waals surface area contributed by atoms with Crippen LogP contribution < -0.4 is 5.32 Å². The number of anilines is 1. The quantitative estimate of drug-likeness (QED) is 0.724. The van der Waals surface area contributed by atoms with Crippen molar-refractivity contribution in [3.05, 3.63) is 29.6 Å². The summed E-state index contributed by atoms with van der Waals surface area (Å²) in [6.45, 7) is 1.74. The van der Waals surface area contributed by atoms with Gasteiger partial charge >= 0.3 is 0 Å². The van der Waals surface area contributed by atoms with Gasteiger partial charge in [0.15, 0.2) is 0 Å². The lowest BCUT2D eigenvalue weighted by Gasteiger charge is -2.06. The van der Waals surface area contributed by atoms with E-state index in [4.69, 9.17) is 0 Å². The first kappa shape index (κ1) is 9.71. The number of halogens is 1. The molecule has 0 aliphatic heterocycles. The molecule has 1 aromatic carbocycles. The second kappa shape index (κ2) is 4.03. The minimum atomic E-state index is -0.325. The first-order valence-electron chi connectivity index (χ1n) is 4.11. The highest BCUT2D eigenvalue weighted by atomic mass is 19.1. The molecular formula is C10H12FNO. The molecule has 70 valence electrons. The molecule has 0 fully saturated rings. The molecule has 0 bridgehead atoms. The van der Waals surface area contributed by atoms with Crippen molar-refractivity contribution in [2.45, 2.75) is 12.8 Å². The van der Waals surface area contributed by atoms with Crippen LogP contribution >= 0.6 is 0 Å². The topological polar surface area (TPSA) is 29.1 Å². The number of aldehydes is 1. The molecule has 0 aliphatic carbocycles. The van der Waals surface area contributed by atoms with E-state index in [1.54, 1.807) is 26.1 Å². The Morgan fingerprint density at radius 1 is 1.54 bits per heavy atom. The van der Waals surface area contributed by atoms with Crippen LogP contribution in [0, 0.1) is 5.82 Å². The zero-order valence-corrected chi connectivity index (χ0v) is 7.67. The third kappa shape index (κ3) is 2.05. The molecule has 1 atom stereocenters. The Kier molecular flexibility index (Phi) is 3.01. The fraction of sp³-hybridized carbons (Fsp3) is 0.300. The zero-order valence-electron chi connectivity index (χ0n) is 7.67. The molecule has 0 saturated heterocycles. The molecule has 0 amide bonds. The van der Waals surface area contributed by atoms with Crippen LogP contribution in [0.15, 0.2) is 18.2 Å². The fourth-order valence-corrected chi connectivity index (χ4v) is 1.10. The van der Waals surface area contributed by atoms with Crippen molar-refractivity contribution in [2.75, 3.05) is 12.4 Å². The van der Waals surface area contributed by atoms with E-state index in [9.17, 15) is 9.18 Å². The van der Waals surface area contributed by atoms with Gasteiger partial charge in [0.2, 0.25) is 0 Å². The van der Waals surface area contributed by atoms with E-state index >= 15 is 0 Å². The van der Waals surface area contributed by atoms with Gasteiger partial charge in [0.05, 0.1) is 5.69 Å². The van der Waals surface area contributed by atoms with E-state index in [-0.39, 0.29) is 11.7 Å². The van der Waals surface area contributed by atoms with Crippen LogP contribution in [0.5, 0.6) is 0 Å². The maximum absolute atomic E-state index is 13.2. The number of benzene rings is 1.